The van der Waals surface area contributed by atoms with Crippen LogP contribution in [0.1, 0.15) is 18.2 Å². The molecule has 6 nitrogen and oxygen atoms in total. The highest BCUT2D eigenvalue weighted by Gasteiger charge is 2.18. The molecule has 2 heterocycles. The van der Waals surface area contributed by atoms with Crippen molar-refractivity contribution < 1.29 is 14.3 Å². The van der Waals surface area contributed by atoms with Gasteiger partial charge in [0.25, 0.3) is 0 Å². The molecule has 0 N–H and O–H groups in total. The van der Waals surface area contributed by atoms with Gasteiger partial charge in [-0.2, -0.15) is 0 Å². The van der Waals surface area contributed by atoms with Crippen LogP contribution in [0.2, 0.25) is 0 Å². The van der Waals surface area contributed by atoms with Gasteiger partial charge in [-0.25, -0.2) is 4.98 Å². The first kappa shape index (κ1) is 20.9. The highest BCUT2D eigenvalue weighted by molar-refractivity contribution is 7.15. The SMILES string of the molecule is CCN(Cc1ccccc1)C(=O)Cc1csc2nc(-c3cc(OC)ccc3OC)cn12. The molecule has 0 saturated carbocycles. The summed E-state index contributed by atoms with van der Waals surface area (Å²) >= 11 is 1.53. The molecular weight excluding hydrogens is 410 g/mol. The standard InChI is InChI=1S/C24H25N3O3S/c1-4-26(14-17-8-6-5-7-9-17)23(28)12-18-16-31-24-25-21(15-27(18)24)20-13-19(29-2)10-11-22(20)30-3/h5-11,13,15-16H,4,12,14H2,1-3H3. The van der Waals surface area contributed by atoms with Crippen molar-refractivity contribution in [1.82, 2.24) is 14.3 Å². The van der Waals surface area contributed by atoms with E-state index < -0.39 is 0 Å². The molecule has 0 aliphatic rings. The van der Waals surface area contributed by atoms with Crippen LogP contribution in [-0.4, -0.2) is 41.0 Å². The third-order valence-electron chi connectivity index (χ3n) is 5.25. The summed E-state index contributed by atoms with van der Waals surface area (Å²) < 4.78 is 12.9. The van der Waals surface area contributed by atoms with E-state index in [1.807, 2.05) is 76.3 Å². The molecule has 2 aromatic heterocycles. The Morgan fingerprint density at radius 1 is 1.13 bits per heavy atom. The zero-order valence-electron chi connectivity index (χ0n) is 17.9. The predicted molar refractivity (Wildman–Crippen MR) is 123 cm³/mol. The van der Waals surface area contributed by atoms with E-state index >= 15 is 0 Å². The minimum Gasteiger partial charge on any atom is -0.497 e. The number of likely N-dealkylation sites (N-methyl/N-ethyl adjacent to an activating group) is 1. The van der Waals surface area contributed by atoms with Gasteiger partial charge in [-0.3, -0.25) is 9.20 Å². The summed E-state index contributed by atoms with van der Waals surface area (Å²) in [5.74, 6) is 1.56. The number of rotatable bonds is 8. The predicted octanol–water partition coefficient (Wildman–Crippen LogP) is 4.67. The second kappa shape index (κ2) is 9.22. The third-order valence-corrected chi connectivity index (χ3v) is 6.14. The number of carbonyl (C=O) groups excluding carboxylic acids is 1. The molecule has 4 rings (SSSR count). The van der Waals surface area contributed by atoms with E-state index in [0.29, 0.717) is 19.5 Å². The van der Waals surface area contributed by atoms with Gasteiger partial charge in [0.2, 0.25) is 5.91 Å². The topological polar surface area (TPSA) is 56.1 Å². The van der Waals surface area contributed by atoms with Crippen LogP contribution in [0.4, 0.5) is 0 Å². The van der Waals surface area contributed by atoms with Gasteiger partial charge in [0.15, 0.2) is 4.96 Å². The van der Waals surface area contributed by atoms with Crippen molar-refractivity contribution in [3.05, 3.63) is 71.4 Å². The lowest BCUT2D eigenvalue weighted by Gasteiger charge is -2.21. The normalized spacial score (nSPS) is 10.9. The van der Waals surface area contributed by atoms with E-state index in [1.165, 1.54) is 11.3 Å². The van der Waals surface area contributed by atoms with Crippen LogP contribution < -0.4 is 9.47 Å². The fourth-order valence-electron chi connectivity index (χ4n) is 3.55. The van der Waals surface area contributed by atoms with Crippen molar-refractivity contribution in [2.45, 2.75) is 19.9 Å². The largest absolute Gasteiger partial charge is 0.497 e. The zero-order chi connectivity index (χ0) is 21.8. The minimum atomic E-state index is 0.0975. The molecule has 160 valence electrons. The molecule has 1 amide bonds. The number of methoxy groups -OCH3 is 2. The van der Waals surface area contributed by atoms with E-state index in [9.17, 15) is 4.79 Å². The van der Waals surface area contributed by atoms with Gasteiger partial charge >= 0.3 is 0 Å². The maximum atomic E-state index is 13.0. The second-order valence-electron chi connectivity index (χ2n) is 7.14. The average molecular weight is 436 g/mol. The van der Waals surface area contributed by atoms with Crippen LogP contribution >= 0.6 is 11.3 Å². The number of hydrogen-bond donors (Lipinski definition) is 0. The summed E-state index contributed by atoms with van der Waals surface area (Å²) in [5.41, 5.74) is 3.70. The molecule has 0 fully saturated rings. The van der Waals surface area contributed by atoms with Crippen LogP contribution in [0.5, 0.6) is 11.5 Å². The van der Waals surface area contributed by atoms with Crippen molar-refractivity contribution in [1.29, 1.82) is 0 Å². The molecule has 4 aromatic rings. The number of hydrogen-bond acceptors (Lipinski definition) is 5. The van der Waals surface area contributed by atoms with Gasteiger partial charge in [0.05, 0.1) is 26.3 Å². The van der Waals surface area contributed by atoms with Crippen LogP contribution in [-0.2, 0) is 17.8 Å². The van der Waals surface area contributed by atoms with E-state index in [2.05, 4.69) is 0 Å². The Kier molecular flexibility index (Phi) is 6.23. The molecule has 0 spiro atoms. The summed E-state index contributed by atoms with van der Waals surface area (Å²) in [6, 6.07) is 15.7. The van der Waals surface area contributed by atoms with E-state index in [4.69, 9.17) is 14.5 Å². The number of ether oxygens (including phenoxy) is 2. The molecule has 0 aliphatic heterocycles. The van der Waals surface area contributed by atoms with E-state index in [1.54, 1.807) is 14.2 Å². The highest BCUT2D eigenvalue weighted by Crippen LogP contribution is 2.34. The molecule has 0 bridgehead atoms. The second-order valence-corrected chi connectivity index (χ2v) is 7.98. The van der Waals surface area contributed by atoms with Crippen molar-refractivity contribution in [3.63, 3.8) is 0 Å². The van der Waals surface area contributed by atoms with Gasteiger partial charge in [-0.15, -0.1) is 11.3 Å². The zero-order valence-corrected chi connectivity index (χ0v) is 18.7. The maximum Gasteiger partial charge on any atom is 0.228 e. The minimum absolute atomic E-state index is 0.0975. The molecule has 31 heavy (non-hydrogen) atoms. The summed E-state index contributed by atoms with van der Waals surface area (Å²) in [5, 5.41) is 2.00. The van der Waals surface area contributed by atoms with Gasteiger partial charge < -0.3 is 14.4 Å². The Morgan fingerprint density at radius 2 is 1.94 bits per heavy atom. The summed E-state index contributed by atoms with van der Waals surface area (Å²) in [4.78, 5) is 20.5. The quantitative estimate of drug-likeness (QED) is 0.404. The molecule has 0 unspecified atom stereocenters. The molecule has 0 saturated heterocycles. The number of fused-ring (bicyclic) bond motifs is 1. The van der Waals surface area contributed by atoms with Crippen molar-refractivity contribution in [2.24, 2.45) is 0 Å². The first-order chi connectivity index (χ1) is 15.1. The monoisotopic (exact) mass is 435 g/mol. The Hall–Kier alpha value is -3.32. The Balaban J connectivity index is 1.59. The smallest absolute Gasteiger partial charge is 0.228 e. The van der Waals surface area contributed by atoms with Crippen LogP contribution in [0, 0.1) is 0 Å². The fourth-order valence-corrected chi connectivity index (χ4v) is 4.42. The van der Waals surface area contributed by atoms with Crippen LogP contribution in [0.15, 0.2) is 60.1 Å². The summed E-state index contributed by atoms with van der Waals surface area (Å²) in [6.45, 7) is 3.28. The number of amides is 1. The molecular formula is C24H25N3O3S. The third kappa shape index (κ3) is 4.41. The molecule has 0 radical (unpaired) electrons. The van der Waals surface area contributed by atoms with Gasteiger partial charge in [-0.1, -0.05) is 30.3 Å². The Labute approximate surface area is 185 Å². The van der Waals surface area contributed by atoms with Crippen molar-refractivity contribution in [3.8, 4) is 22.8 Å². The highest BCUT2D eigenvalue weighted by atomic mass is 32.1. The molecule has 2 aromatic carbocycles. The lowest BCUT2D eigenvalue weighted by Crippen LogP contribution is -2.31. The van der Waals surface area contributed by atoms with Gasteiger partial charge in [0.1, 0.15) is 11.5 Å². The first-order valence-electron chi connectivity index (χ1n) is 10.1. The Bertz CT molecular complexity index is 1180. The number of carbonyl (C=O) groups is 1. The number of aromatic nitrogens is 2. The molecule has 0 atom stereocenters. The maximum absolute atomic E-state index is 13.0. The summed E-state index contributed by atoms with van der Waals surface area (Å²) in [6.07, 6.45) is 2.28. The number of imidazole rings is 1. The van der Waals surface area contributed by atoms with Crippen molar-refractivity contribution in [2.75, 3.05) is 20.8 Å². The number of nitrogens with zero attached hydrogens (tertiary/aromatic N) is 3. The first-order valence-corrected chi connectivity index (χ1v) is 11.0. The van der Waals surface area contributed by atoms with E-state index in [0.717, 1.165) is 39.0 Å². The summed E-state index contributed by atoms with van der Waals surface area (Å²) in [7, 11) is 3.27. The lowest BCUT2D eigenvalue weighted by atomic mass is 10.1. The van der Waals surface area contributed by atoms with E-state index in [-0.39, 0.29) is 5.91 Å². The number of thiazole rings is 1. The average Bonchev–Trinajstić information content (AvgIpc) is 3.39. The fraction of sp³-hybridized carbons (Fsp3) is 0.250. The van der Waals surface area contributed by atoms with Crippen LogP contribution in [0.25, 0.3) is 16.2 Å². The lowest BCUT2D eigenvalue weighted by molar-refractivity contribution is -0.130. The van der Waals surface area contributed by atoms with Crippen LogP contribution in [0.3, 0.4) is 0 Å². The van der Waals surface area contributed by atoms with Gasteiger partial charge in [-0.05, 0) is 30.7 Å². The number of benzene rings is 2. The van der Waals surface area contributed by atoms with Gasteiger partial charge in [0, 0.05) is 35.9 Å². The molecule has 0 aliphatic carbocycles. The Morgan fingerprint density at radius 3 is 2.65 bits per heavy atom. The molecule has 7 heteroatoms. The van der Waals surface area contributed by atoms with Crippen molar-refractivity contribution >= 4 is 22.2 Å².